The van der Waals surface area contributed by atoms with Crippen molar-refractivity contribution in [3.63, 3.8) is 0 Å². The molecule has 0 spiro atoms. The molecule has 24 heavy (non-hydrogen) atoms. The Morgan fingerprint density at radius 2 is 1.92 bits per heavy atom. The summed E-state index contributed by atoms with van der Waals surface area (Å²) in [6.45, 7) is 2.31. The number of halogens is 4. The van der Waals surface area contributed by atoms with Gasteiger partial charge in [0.1, 0.15) is 11.6 Å². The lowest BCUT2D eigenvalue weighted by Gasteiger charge is -2.08. The molecular weight excluding hydrogens is 341 g/mol. The summed E-state index contributed by atoms with van der Waals surface area (Å²) in [4.78, 5) is 4.12. The molecule has 0 aliphatic heterocycles. The van der Waals surface area contributed by atoms with Gasteiger partial charge in [0.25, 0.3) is 6.43 Å². The van der Waals surface area contributed by atoms with Crippen molar-refractivity contribution >= 4 is 12.4 Å². The maximum atomic E-state index is 13.6. The molecule has 4 nitrogen and oxygen atoms in total. The van der Waals surface area contributed by atoms with E-state index in [1.165, 1.54) is 18.3 Å². The number of aromatic nitrogens is 4. The van der Waals surface area contributed by atoms with Crippen LogP contribution < -0.4 is 0 Å². The number of hydrogen-bond acceptors (Lipinski definition) is 3. The first kappa shape index (κ1) is 17.9. The molecule has 0 aliphatic rings. The van der Waals surface area contributed by atoms with Gasteiger partial charge in [-0.1, -0.05) is 0 Å². The quantitative estimate of drug-likeness (QED) is 0.705. The van der Waals surface area contributed by atoms with E-state index >= 15 is 0 Å². The van der Waals surface area contributed by atoms with Crippen LogP contribution in [0.25, 0.3) is 11.1 Å². The molecule has 0 radical (unpaired) electrons. The highest BCUT2D eigenvalue weighted by Gasteiger charge is 2.12. The van der Waals surface area contributed by atoms with E-state index in [-0.39, 0.29) is 18.0 Å². The maximum absolute atomic E-state index is 13.6. The second-order valence-corrected chi connectivity index (χ2v) is 5.11. The van der Waals surface area contributed by atoms with Gasteiger partial charge >= 0.3 is 0 Å². The van der Waals surface area contributed by atoms with Crippen molar-refractivity contribution in [3.8, 4) is 11.1 Å². The number of nitrogens with zero attached hydrogens (tertiary/aromatic N) is 4. The molecule has 0 bridgehead atoms. The van der Waals surface area contributed by atoms with Crippen LogP contribution in [0.1, 0.15) is 23.5 Å². The van der Waals surface area contributed by atoms with E-state index in [9.17, 15) is 13.2 Å². The van der Waals surface area contributed by atoms with Crippen LogP contribution in [0, 0.1) is 12.7 Å². The van der Waals surface area contributed by atoms with Gasteiger partial charge in [-0.05, 0) is 36.8 Å². The molecule has 0 fully saturated rings. The van der Waals surface area contributed by atoms with Crippen molar-refractivity contribution in [2.24, 2.45) is 0 Å². The lowest BCUT2D eigenvalue weighted by atomic mass is 10.0. The average molecular weight is 355 g/mol. The summed E-state index contributed by atoms with van der Waals surface area (Å²) >= 11 is 0. The zero-order chi connectivity index (χ0) is 16.4. The summed E-state index contributed by atoms with van der Waals surface area (Å²) < 4.78 is 41.1. The fourth-order valence-corrected chi connectivity index (χ4v) is 2.30. The molecule has 8 heteroatoms. The highest BCUT2D eigenvalue weighted by Crippen LogP contribution is 2.27. The minimum absolute atomic E-state index is 0. The van der Waals surface area contributed by atoms with Gasteiger partial charge in [0.15, 0.2) is 0 Å². The molecule has 3 aromatic rings. The van der Waals surface area contributed by atoms with E-state index in [1.54, 1.807) is 18.5 Å². The zero-order valence-corrected chi connectivity index (χ0v) is 13.5. The largest absolute Gasteiger partial charge is 0.329 e. The van der Waals surface area contributed by atoms with Crippen LogP contribution in [-0.4, -0.2) is 19.7 Å². The van der Waals surface area contributed by atoms with E-state index in [0.717, 1.165) is 11.9 Å². The lowest BCUT2D eigenvalue weighted by Crippen LogP contribution is -2.04. The molecule has 0 saturated carbocycles. The van der Waals surface area contributed by atoms with Gasteiger partial charge in [-0.3, -0.25) is 0 Å². The molecule has 2 aromatic heterocycles. The molecule has 1 aromatic carbocycles. The Morgan fingerprint density at radius 1 is 1.12 bits per heavy atom. The van der Waals surface area contributed by atoms with Gasteiger partial charge in [0.2, 0.25) is 0 Å². The first-order valence-electron chi connectivity index (χ1n) is 6.91. The summed E-state index contributed by atoms with van der Waals surface area (Å²) in [5, 5.41) is 7.90. The van der Waals surface area contributed by atoms with Crippen LogP contribution in [0.2, 0.25) is 0 Å². The molecule has 0 aliphatic carbocycles. The average Bonchev–Trinajstić information content (AvgIpc) is 2.92. The van der Waals surface area contributed by atoms with E-state index in [2.05, 4.69) is 15.2 Å². The molecule has 0 atom stereocenters. The van der Waals surface area contributed by atoms with Crippen molar-refractivity contribution in [2.45, 2.75) is 19.9 Å². The van der Waals surface area contributed by atoms with Crippen LogP contribution >= 0.6 is 12.4 Å². The van der Waals surface area contributed by atoms with E-state index in [4.69, 9.17) is 0 Å². The van der Waals surface area contributed by atoms with Crippen LogP contribution in [0.5, 0.6) is 0 Å². The summed E-state index contributed by atoms with van der Waals surface area (Å²) in [6.07, 6.45) is 2.18. The molecule has 0 unspecified atom stereocenters. The van der Waals surface area contributed by atoms with Gasteiger partial charge in [-0.25, -0.2) is 18.2 Å². The highest BCUT2D eigenvalue weighted by atomic mass is 35.5. The standard InChI is InChI=1S/C16H13F3N4.ClH/c1-10-20-2-3-23(10)9-15-7-13(8-21-22-15)11-4-12(16(18)19)6-14(17)5-11;/h2-8,16H,9H2,1H3;1H. The Bertz CT molecular complexity index is 836. The first-order valence-corrected chi connectivity index (χ1v) is 6.91. The highest BCUT2D eigenvalue weighted by molar-refractivity contribution is 5.85. The Labute approximate surface area is 142 Å². The first-order chi connectivity index (χ1) is 11.0. The molecule has 3 rings (SSSR count). The minimum Gasteiger partial charge on any atom is -0.329 e. The number of benzene rings is 1. The number of alkyl halides is 2. The van der Waals surface area contributed by atoms with E-state index < -0.39 is 12.2 Å². The van der Waals surface area contributed by atoms with Crippen molar-refractivity contribution in [2.75, 3.05) is 0 Å². The van der Waals surface area contributed by atoms with Crippen molar-refractivity contribution < 1.29 is 13.2 Å². The van der Waals surface area contributed by atoms with Gasteiger partial charge in [0.05, 0.1) is 18.4 Å². The molecule has 0 saturated heterocycles. The molecule has 126 valence electrons. The number of hydrogen-bond donors (Lipinski definition) is 0. The van der Waals surface area contributed by atoms with Crippen molar-refractivity contribution in [1.82, 2.24) is 19.7 Å². The fourth-order valence-electron chi connectivity index (χ4n) is 2.30. The van der Waals surface area contributed by atoms with Gasteiger partial charge in [-0.2, -0.15) is 10.2 Å². The summed E-state index contributed by atoms with van der Waals surface area (Å²) in [5.74, 6) is 0.115. The monoisotopic (exact) mass is 354 g/mol. The molecular formula is C16H14ClF3N4. The maximum Gasteiger partial charge on any atom is 0.263 e. The molecule has 0 N–H and O–H groups in total. The number of imidazole rings is 1. The predicted octanol–water partition coefficient (Wildman–Crippen LogP) is 4.20. The van der Waals surface area contributed by atoms with Crippen LogP contribution in [0.3, 0.4) is 0 Å². The topological polar surface area (TPSA) is 43.6 Å². The Morgan fingerprint density at radius 3 is 2.58 bits per heavy atom. The smallest absolute Gasteiger partial charge is 0.263 e. The van der Waals surface area contributed by atoms with Crippen LogP contribution in [0.15, 0.2) is 42.9 Å². The number of rotatable bonds is 4. The Hall–Kier alpha value is -2.41. The predicted molar refractivity (Wildman–Crippen MR) is 85.7 cm³/mol. The zero-order valence-electron chi connectivity index (χ0n) is 12.7. The van der Waals surface area contributed by atoms with E-state index in [1.807, 2.05) is 11.5 Å². The van der Waals surface area contributed by atoms with Gasteiger partial charge < -0.3 is 4.57 Å². The third-order valence-electron chi connectivity index (χ3n) is 3.47. The third kappa shape index (κ3) is 3.91. The van der Waals surface area contributed by atoms with Gasteiger partial charge in [0, 0.05) is 23.5 Å². The molecule has 2 heterocycles. The van der Waals surface area contributed by atoms with Crippen molar-refractivity contribution in [3.05, 3.63) is 65.8 Å². The second-order valence-electron chi connectivity index (χ2n) is 5.11. The van der Waals surface area contributed by atoms with Gasteiger partial charge in [-0.15, -0.1) is 12.4 Å². The van der Waals surface area contributed by atoms with Crippen LogP contribution in [0.4, 0.5) is 13.2 Å². The lowest BCUT2D eigenvalue weighted by molar-refractivity contribution is 0.151. The van der Waals surface area contributed by atoms with E-state index in [0.29, 0.717) is 23.4 Å². The number of aryl methyl sites for hydroxylation is 1. The fraction of sp³-hybridized carbons (Fsp3) is 0.188. The SMILES string of the molecule is Cc1nccn1Cc1cc(-c2cc(F)cc(C(F)F)c2)cnn1.Cl. The Kier molecular flexibility index (Phi) is 5.56. The second kappa shape index (κ2) is 7.44. The third-order valence-corrected chi connectivity index (χ3v) is 3.47. The van der Waals surface area contributed by atoms with Crippen LogP contribution in [-0.2, 0) is 6.54 Å². The minimum atomic E-state index is -2.73. The van der Waals surface area contributed by atoms with Crippen molar-refractivity contribution in [1.29, 1.82) is 0 Å². The summed E-state index contributed by atoms with van der Waals surface area (Å²) in [6, 6.07) is 5.00. The summed E-state index contributed by atoms with van der Waals surface area (Å²) in [7, 11) is 0. The normalized spacial score (nSPS) is 10.7. The Balaban J connectivity index is 0.00000208. The summed E-state index contributed by atoms with van der Waals surface area (Å²) in [5.41, 5.74) is 1.16. The molecule has 0 amide bonds.